The number of hydrogen-bond acceptors (Lipinski definition) is 4. The second kappa shape index (κ2) is 9.54. The van der Waals surface area contributed by atoms with Crippen molar-refractivity contribution in [2.24, 2.45) is 0 Å². The highest BCUT2D eigenvalue weighted by molar-refractivity contribution is 6.09. The molecule has 194 valence electrons. The molecule has 0 unspecified atom stereocenters. The highest BCUT2D eigenvalue weighted by Crippen LogP contribution is 2.37. The number of phenols is 1. The monoisotopic (exact) mass is 521 g/mol. The van der Waals surface area contributed by atoms with Crippen LogP contribution in [0.3, 0.4) is 0 Å². The molecule has 0 fully saturated rings. The first-order chi connectivity index (χ1) is 19.6. The van der Waals surface area contributed by atoms with Gasteiger partial charge in [0, 0.05) is 34.0 Å². The fourth-order valence-electron chi connectivity index (χ4n) is 5.38. The Morgan fingerprint density at radius 1 is 0.675 bits per heavy atom. The molecule has 7 aromatic rings. The smallest absolute Gasteiger partial charge is 0.219 e. The SMILES string of the molecule is CC(C)c1cccc(-n2c3ccccc3c3ccc(Oc4ccc5c(-c6ccccc6)ccc(O)c5n4)cc32)n1. The molecule has 0 radical (unpaired) electrons. The van der Waals surface area contributed by atoms with E-state index in [0.29, 0.717) is 23.1 Å². The van der Waals surface area contributed by atoms with E-state index in [1.165, 1.54) is 0 Å². The predicted octanol–water partition coefficient (Wildman–Crippen LogP) is 9.02. The number of rotatable bonds is 5. The number of hydrogen-bond donors (Lipinski definition) is 1. The van der Waals surface area contributed by atoms with E-state index in [1.54, 1.807) is 6.07 Å². The number of aromatic hydroxyl groups is 1. The van der Waals surface area contributed by atoms with Gasteiger partial charge in [0.25, 0.3) is 0 Å². The lowest BCUT2D eigenvalue weighted by Gasteiger charge is -2.12. The number of pyridine rings is 2. The lowest BCUT2D eigenvalue weighted by Crippen LogP contribution is -2.01. The molecule has 7 rings (SSSR count). The van der Waals surface area contributed by atoms with Crippen molar-refractivity contribution in [3.63, 3.8) is 0 Å². The van der Waals surface area contributed by atoms with Crippen LogP contribution >= 0.6 is 0 Å². The molecule has 3 heterocycles. The summed E-state index contributed by atoms with van der Waals surface area (Å²) in [7, 11) is 0. The summed E-state index contributed by atoms with van der Waals surface area (Å²) in [5, 5.41) is 13.8. The third kappa shape index (κ3) is 4.03. The van der Waals surface area contributed by atoms with Crippen LogP contribution in [0.1, 0.15) is 25.5 Å². The van der Waals surface area contributed by atoms with Crippen molar-refractivity contribution in [3.8, 4) is 34.3 Å². The number of fused-ring (bicyclic) bond motifs is 4. The molecular formula is C35H27N3O2. The molecule has 0 spiro atoms. The maximum atomic E-state index is 10.7. The highest BCUT2D eigenvalue weighted by Gasteiger charge is 2.16. The van der Waals surface area contributed by atoms with Crippen LogP contribution in [0.5, 0.6) is 17.4 Å². The van der Waals surface area contributed by atoms with Gasteiger partial charge in [-0.05, 0) is 65.6 Å². The second-order valence-electron chi connectivity index (χ2n) is 10.3. The molecule has 4 aromatic carbocycles. The van der Waals surface area contributed by atoms with Gasteiger partial charge in [-0.2, -0.15) is 0 Å². The first kappa shape index (κ1) is 23.9. The van der Waals surface area contributed by atoms with Gasteiger partial charge in [0.15, 0.2) is 0 Å². The summed E-state index contributed by atoms with van der Waals surface area (Å²) in [5.41, 5.74) is 5.72. The number of aromatic nitrogens is 3. The second-order valence-corrected chi connectivity index (χ2v) is 10.3. The third-order valence-corrected chi connectivity index (χ3v) is 7.34. The molecule has 5 heteroatoms. The van der Waals surface area contributed by atoms with Crippen LogP contribution in [0.25, 0.3) is 49.7 Å². The maximum Gasteiger partial charge on any atom is 0.219 e. The zero-order valence-electron chi connectivity index (χ0n) is 22.2. The Hall–Kier alpha value is -5.16. The van der Waals surface area contributed by atoms with Crippen LogP contribution in [0, 0.1) is 0 Å². The summed E-state index contributed by atoms with van der Waals surface area (Å²) in [5.74, 6) is 2.38. The zero-order chi connectivity index (χ0) is 27.2. The summed E-state index contributed by atoms with van der Waals surface area (Å²) >= 11 is 0. The van der Waals surface area contributed by atoms with Crippen molar-refractivity contribution in [2.45, 2.75) is 19.8 Å². The van der Waals surface area contributed by atoms with Crippen molar-refractivity contribution in [3.05, 3.63) is 121 Å². The Bertz CT molecular complexity index is 2030. The van der Waals surface area contributed by atoms with Crippen LogP contribution in [0.15, 0.2) is 115 Å². The molecule has 3 aromatic heterocycles. The van der Waals surface area contributed by atoms with Gasteiger partial charge < -0.3 is 9.84 Å². The zero-order valence-corrected chi connectivity index (χ0v) is 22.2. The molecule has 0 aliphatic rings. The van der Waals surface area contributed by atoms with Crippen molar-refractivity contribution in [1.29, 1.82) is 0 Å². The number of para-hydroxylation sites is 1. The fraction of sp³-hybridized carbons (Fsp3) is 0.0857. The third-order valence-electron chi connectivity index (χ3n) is 7.34. The first-order valence-corrected chi connectivity index (χ1v) is 13.4. The van der Waals surface area contributed by atoms with E-state index in [1.807, 2.05) is 54.6 Å². The molecule has 0 aliphatic carbocycles. The van der Waals surface area contributed by atoms with Gasteiger partial charge in [-0.3, -0.25) is 4.57 Å². The van der Waals surface area contributed by atoms with Gasteiger partial charge in [0.05, 0.1) is 11.0 Å². The lowest BCUT2D eigenvalue weighted by molar-refractivity contribution is 0.460. The molecular weight excluding hydrogens is 494 g/mol. The van der Waals surface area contributed by atoms with Gasteiger partial charge in [-0.15, -0.1) is 0 Å². The van der Waals surface area contributed by atoms with Crippen molar-refractivity contribution in [2.75, 3.05) is 0 Å². The van der Waals surface area contributed by atoms with Gasteiger partial charge in [-0.1, -0.05) is 68.4 Å². The fourth-order valence-corrected chi connectivity index (χ4v) is 5.38. The summed E-state index contributed by atoms with van der Waals surface area (Å²) < 4.78 is 8.48. The minimum Gasteiger partial charge on any atom is -0.506 e. The van der Waals surface area contributed by atoms with Crippen LogP contribution in [-0.2, 0) is 0 Å². The summed E-state index contributed by atoms with van der Waals surface area (Å²) in [6.45, 7) is 4.31. The van der Waals surface area contributed by atoms with Gasteiger partial charge in [0.1, 0.15) is 22.8 Å². The first-order valence-electron chi connectivity index (χ1n) is 13.4. The van der Waals surface area contributed by atoms with E-state index >= 15 is 0 Å². The van der Waals surface area contributed by atoms with Crippen LogP contribution in [0.2, 0.25) is 0 Å². The van der Waals surface area contributed by atoms with E-state index in [-0.39, 0.29) is 5.75 Å². The molecule has 0 atom stereocenters. The topological polar surface area (TPSA) is 60.2 Å². The van der Waals surface area contributed by atoms with E-state index in [9.17, 15) is 5.11 Å². The predicted molar refractivity (Wildman–Crippen MR) is 162 cm³/mol. The average molecular weight is 522 g/mol. The number of nitrogens with zero attached hydrogens (tertiary/aromatic N) is 3. The minimum atomic E-state index is 0.117. The van der Waals surface area contributed by atoms with Crippen LogP contribution in [-0.4, -0.2) is 19.6 Å². The maximum absolute atomic E-state index is 10.7. The summed E-state index contributed by atoms with van der Waals surface area (Å²) in [6, 6.07) is 38.1. The average Bonchev–Trinajstić information content (AvgIpc) is 3.32. The number of phenolic OH excluding ortho intramolecular Hbond substituents is 1. The molecule has 40 heavy (non-hydrogen) atoms. The van der Waals surface area contributed by atoms with Crippen molar-refractivity contribution < 1.29 is 9.84 Å². The quantitative estimate of drug-likeness (QED) is 0.245. The molecule has 0 aliphatic heterocycles. The molecule has 1 N–H and O–H groups in total. The van der Waals surface area contributed by atoms with Crippen molar-refractivity contribution in [1.82, 2.24) is 14.5 Å². The Labute approximate surface area is 232 Å². The molecule has 5 nitrogen and oxygen atoms in total. The Morgan fingerprint density at radius 3 is 2.30 bits per heavy atom. The Kier molecular flexibility index (Phi) is 5.71. The van der Waals surface area contributed by atoms with E-state index in [0.717, 1.165) is 49.8 Å². The summed E-state index contributed by atoms with van der Waals surface area (Å²) in [4.78, 5) is 9.69. The van der Waals surface area contributed by atoms with Gasteiger partial charge >= 0.3 is 0 Å². The Morgan fingerprint density at radius 2 is 1.45 bits per heavy atom. The number of ether oxygens (including phenoxy) is 1. The van der Waals surface area contributed by atoms with E-state index < -0.39 is 0 Å². The largest absolute Gasteiger partial charge is 0.506 e. The van der Waals surface area contributed by atoms with E-state index in [2.05, 4.69) is 73.0 Å². The molecule has 0 amide bonds. The standard InChI is InChI=1S/C35H27N3O2/c1-22(2)29-12-8-14-33(36-29)38-30-13-7-6-11-26(30)27-16-15-24(21-31(27)38)40-34-20-18-28-25(23-9-4-3-5-10-23)17-19-32(39)35(28)37-34/h3-22,39H,1-2H3. The highest BCUT2D eigenvalue weighted by atomic mass is 16.5. The Balaban J connectivity index is 1.34. The van der Waals surface area contributed by atoms with E-state index in [4.69, 9.17) is 14.7 Å². The molecule has 0 saturated carbocycles. The molecule has 0 bridgehead atoms. The minimum absolute atomic E-state index is 0.117. The molecule has 0 saturated heterocycles. The van der Waals surface area contributed by atoms with Crippen LogP contribution < -0.4 is 4.74 Å². The summed E-state index contributed by atoms with van der Waals surface area (Å²) in [6.07, 6.45) is 0. The van der Waals surface area contributed by atoms with Crippen LogP contribution in [0.4, 0.5) is 0 Å². The van der Waals surface area contributed by atoms with Gasteiger partial charge in [0.2, 0.25) is 5.88 Å². The number of benzene rings is 4. The van der Waals surface area contributed by atoms with Crippen molar-refractivity contribution >= 4 is 32.7 Å². The lowest BCUT2D eigenvalue weighted by atomic mass is 10.0. The van der Waals surface area contributed by atoms with Gasteiger partial charge in [-0.25, -0.2) is 9.97 Å². The normalized spacial score (nSPS) is 11.6.